The van der Waals surface area contributed by atoms with E-state index in [1.165, 1.54) is 46.9 Å². The summed E-state index contributed by atoms with van der Waals surface area (Å²) >= 11 is 0. The summed E-state index contributed by atoms with van der Waals surface area (Å²) in [6.45, 7) is 14.0. The highest BCUT2D eigenvalue weighted by atomic mass is 31.1. The van der Waals surface area contributed by atoms with Gasteiger partial charge >= 0.3 is 0 Å². The molecule has 0 saturated heterocycles. The van der Waals surface area contributed by atoms with E-state index in [2.05, 4.69) is 118 Å². The summed E-state index contributed by atoms with van der Waals surface area (Å²) in [5.74, 6) is 0. The zero-order chi connectivity index (χ0) is 20.3. The van der Waals surface area contributed by atoms with Gasteiger partial charge in [-0.05, 0) is 52.2 Å². The van der Waals surface area contributed by atoms with Crippen molar-refractivity contribution in [2.75, 3.05) is 4.57 Å². The van der Waals surface area contributed by atoms with Gasteiger partial charge in [0, 0.05) is 16.6 Å². The Morgan fingerprint density at radius 2 is 1.25 bits per heavy atom. The van der Waals surface area contributed by atoms with Crippen LogP contribution in [0.5, 0.6) is 0 Å². The quantitative estimate of drug-likeness (QED) is 0.338. The van der Waals surface area contributed by atoms with E-state index in [1.807, 2.05) is 0 Å². The minimum absolute atomic E-state index is 1.25. The Morgan fingerprint density at radius 3 is 1.75 bits per heavy atom. The van der Waals surface area contributed by atoms with Crippen molar-refractivity contribution in [3.8, 4) is 0 Å². The third-order valence-corrected chi connectivity index (χ3v) is 7.99. The fraction of sp³-hybridized carbons (Fsp3) is 0.240. The van der Waals surface area contributed by atoms with Gasteiger partial charge in [0.05, 0.1) is 5.42 Å². The van der Waals surface area contributed by atoms with Crippen molar-refractivity contribution >= 4 is 32.8 Å². The first-order valence-corrected chi connectivity index (χ1v) is 14.2. The molecule has 0 aromatic heterocycles. The topological polar surface area (TPSA) is 3.24 Å². The molecule has 144 valence electrons. The maximum Gasteiger partial charge on any atom is 0.154 e. The number of para-hydroxylation sites is 1. The van der Waals surface area contributed by atoms with Gasteiger partial charge in [0.15, 0.2) is 8.24 Å². The summed E-state index contributed by atoms with van der Waals surface area (Å²) in [5.41, 5.74) is 8.12. The van der Waals surface area contributed by atoms with Crippen LogP contribution in [-0.2, 0) is 0 Å². The van der Waals surface area contributed by atoms with Gasteiger partial charge in [-0.15, -0.1) is 0 Å². The maximum atomic E-state index is 2.65. The lowest BCUT2D eigenvalue weighted by Crippen LogP contribution is -2.50. The fourth-order valence-electron chi connectivity index (χ4n) is 3.78. The van der Waals surface area contributed by atoms with Gasteiger partial charge in [-0.2, -0.15) is 0 Å². The summed E-state index contributed by atoms with van der Waals surface area (Å²) in [7, 11) is -0.446. The van der Waals surface area contributed by atoms with E-state index < -0.39 is 8.24 Å². The van der Waals surface area contributed by atoms with E-state index in [1.54, 1.807) is 0 Å². The summed E-state index contributed by atoms with van der Waals surface area (Å²) in [6, 6.07) is 26.3. The van der Waals surface area contributed by atoms with Crippen LogP contribution in [0.1, 0.15) is 22.3 Å². The smallest absolute Gasteiger partial charge is 0.154 e. The molecule has 0 N–H and O–H groups in total. The molecule has 28 heavy (non-hydrogen) atoms. The average molecular weight is 404 g/mol. The van der Waals surface area contributed by atoms with Crippen LogP contribution in [0.4, 0.5) is 5.69 Å². The first-order valence-electron chi connectivity index (χ1n) is 9.84. The number of nitrogens with zero attached hydrogens (tertiary/aromatic N) is 1. The second kappa shape index (κ2) is 8.47. The van der Waals surface area contributed by atoms with Gasteiger partial charge in [0.1, 0.15) is 0 Å². The molecule has 1 nitrogen and oxygen atoms in total. The SMILES string of the molecule is Cc1cc(C)c(C(=Pc2ccccc2)N(c2ccccc2)[Si](C)(C)C)c(C)c1. The van der Waals surface area contributed by atoms with Crippen molar-refractivity contribution in [1.82, 2.24) is 0 Å². The number of anilines is 1. The predicted octanol–water partition coefficient (Wildman–Crippen LogP) is 6.70. The minimum Gasteiger partial charge on any atom is -0.365 e. The maximum absolute atomic E-state index is 2.65. The monoisotopic (exact) mass is 403 g/mol. The molecular weight excluding hydrogens is 373 g/mol. The van der Waals surface area contributed by atoms with Crippen LogP contribution in [0, 0.1) is 20.8 Å². The van der Waals surface area contributed by atoms with Crippen molar-refractivity contribution in [3.63, 3.8) is 0 Å². The number of hydrogen-bond donors (Lipinski definition) is 0. The lowest BCUT2D eigenvalue weighted by Gasteiger charge is -2.39. The molecule has 0 spiro atoms. The summed E-state index contributed by atoms with van der Waals surface area (Å²) in [5, 5.41) is 1.33. The summed E-state index contributed by atoms with van der Waals surface area (Å²) < 4.78 is 2.65. The van der Waals surface area contributed by atoms with Crippen molar-refractivity contribution in [2.45, 2.75) is 40.4 Å². The van der Waals surface area contributed by atoms with E-state index in [9.17, 15) is 0 Å². The lowest BCUT2D eigenvalue weighted by molar-refractivity contribution is 1.28. The minimum atomic E-state index is -1.70. The second-order valence-corrected chi connectivity index (χ2v) is 14.3. The van der Waals surface area contributed by atoms with Gasteiger partial charge < -0.3 is 4.57 Å². The van der Waals surface area contributed by atoms with E-state index in [0.717, 1.165) is 0 Å². The van der Waals surface area contributed by atoms with Gasteiger partial charge in [-0.25, -0.2) is 0 Å². The highest BCUT2D eigenvalue weighted by Gasteiger charge is 2.30. The van der Waals surface area contributed by atoms with Gasteiger partial charge in [0.2, 0.25) is 0 Å². The molecule has 0 aliphatic rings. The average Bonchev–Trinajstić information content (AvgIpc) is 2.61. The predicted molar refractivity (Wildman–Crippen MR) is 130 cm³/mol. The summed E-state index contributed by atoms with van der Waals surface area (Å²) in [6.07, 6.45) is 0. The highest BCUT2D eigenvalue weighted by Crippen LogP contribution is 2.30. The molecule has 0 aliphatic carbocycles. The zero-order valence-corrected chi connectivity index (χ0v) is 19.7. The first-order chi connectivity index (χ1) is 13.3. The van der Waals surface area contributed by atoms with Crippen LogP contribution in [0.15, 0.2) is 72.8 Å². The molecule has 3 aromatic rings. The zero-order valence-electron chi connectivity index (χ0n) is 17.8. The van der Waals surface area contributed by atoms with Crippen molar-refractivity contribution in [1.29, 1.82) is 0 Å². The lowest BCUT2D eigenvalue weighted by atomic mass is 9.99. The van der Waals surface area contributed by atoms with Crippen molar-refractivity contribution in [2.24, 2.45) is 0 Å². The molecule has 0 atom stereocenters. The summed E-state index contributed by atoms with van der Waals surface area (Å²) in [4.78, 5) is 0. The fourth-order valence-corrected chi connectivity index (χ4v) is 7.75. The van der Waals surface area contributed by atoms with Gasteiger partial charge in [-0.3, -0.25) is 0 Å². The Bertz CT molecular complexity index is 949. The van der Waals surface area contributed by atoms with Gasteiger partial charge in [-0.1, -0.05) is 85.9 Å². The molecule has 3 heteroatoms. The van der Waals surface area contributed by atoms with Crippen molar-refractivity contribution < 1.29 is 0 Å². The van der Waals surface area contributed by atoms with E-state index in [-0.39, 0.29) is 0 Å². The second-order valence-electron chi connectivity index (χ2n) is 8.39. The van der Waals surface area contributed by atoms with Crippen LogP contribution in [0.2, 0.25) is 19.6 Å². The molecule has 0 fully saturated rings. The molecule has 0 amide bonds. The molecule has 0 saturated carbocycles. The highest BCUT2D eigenvalue weighted by molar-refractivity contribution is 7.50. The molecule has 3 aromatic carbocycles. The molecule has 0 aliphatic heterocycles. The van der Waals surface area contributed by atoms with Crippen LogP contribution in [0.25, 0.3) is 0 Å². The van der Waals surface area contributed by atoms with E-state index in [4.69, 9.17) is 0 Å². The Hall–Kier alpha value is -2.15. The number of rotatable bonds is 5. The Morgan fingerprint density at radius 1 is 0.750 bits per heavy atom. The van der Waals surface area contributed by atoms with E-state index in [0.29, 0.717) is 0 Å². The normalized spacial score (nSPS) is 12.1. The molecule has 3 rings (SSSR count). The molecule has 0 heterocycles. The van der Waals surface area contributed by atoms with Crippen LogP contribution in [-0.4, -0.2) is 13.7 Å². The molecular formula is C25H30NPSi. The molecule has 0 radical (unpaired) electrons. The largest absolute Gasteiger partial charge is 0.365 e. The van der Waals surface area contributed by atoms with E-state index >= 15 is 0 Å². The van der Waals surface area contributed by atoms with Crippen LogP contribution < -0.4 is 9.87 Å². The third kappa shape index (κ3) is 4.63. The number of benzene rings is 3. The van der Waals surface area contributed by atoms with Crippen LogP contribution in [0.3, 0.4) is 0 Å². The van der Waals surface area contributed by atoms with Crippen molar-refractivity contribution in [3.05, 3.63) is 95.1 Å². The molecule has 0 bridgehead atoms. The first kappa shape index (κ1) is 20.6. The number of hydrogen-bond acceptors (Lipinski definition) is 0. The van der Waals surface area contributed by atoms with Gasteiger partial charge in [0.25, 0.3) is 0 Å². The number of aryl methyl sites for hydroxylation is 3. The molecule has 0 unspecified atom stereocenters. The Labute approximate surface area is 172 Å². The Balaban J connectivity index is 2.32. The third-order valence-electron chi connectivity index (χ3n) is 4.79. The standard InChI is InChI=1S/C25H30NPSi/c1-19-17-20(2)24(21(3)18-19)25(27-23-15-11-8-12-16-23)26(28(4,5)6)22-13-9-7-10-14-22/h7-18H,1-6H3. The Kier molecular flexibility index (Phi) is 6.22. The van der Waals surface area contributed by atoms with Crippen LogP contribution >= 0.6 is 8.20 Å².